The van der Waals surface area contributed by atoms with Crippen LogP contribution in [0.2, 0.25) is 0 Å². The Morgan fingerprint density at radius 1 is 0.800 bits per heavy atom. The van der Waals surface area contributed by atoms with Gasteiger partial charge < -0.3 is 10.6 Å². The number of aryl methyl sites for hydroxylation is 1. The maximum atomic E-state index is 13.3. The minimum absolute atomic E-state index is 0.355. The Kier molecular flexibility index (Phi) is 6.85. The molecule has 0 unspecified atom stereocenters. The highest BCUT2D eigenvalue weighted by molar-refractivity contribution is 6.39. The fourth-order valence-corrected chi connectivity index (χ4v) is 3.00. The van der Waals surface area contributed by atoms with Crippen molar-refractivity contribution < 1.29 is 22.8 Å². The van der Waals surface area contributed by atoms with Gasteiger partial charge in [0.15, 0.2) is 17.5 Å². The van der Waals surface area contributed by atoms with Gasteiger partial charge in [0, 0.05) is 17.8 Å². The lowest BCUT2D eigenvalue weighted by atomic mass is 9.99. The van der Waals surface area contributed by atoms with Gasteiger partial charge in [-0.1, -0.05) is 60.7 Å². The van der Waals surface area contributed by atoms with Crippen LogP contribution in [0.4, 0.5) is 18.9 Å². The molecule has 0 spiro atoms. The summed E-state index contributed by atoms with van der Waals surface area (Å²) in [6, 6.07) is 19.6. The second kappa shape index (κ2) is 9.73. The number of carbonyl (C=O) groups is 2. The summed E-state index contributed by atoms with van der Waals surface area (Å²) in [6.07, 6.45) is 1.20. The standard InChI is InChI=1S/C23H19F3N2O2/c24-18-13-17(14-19(25)21(18)26)27-22(29)23(30)28-20(16-9-5-2-6-10-16)12-11-15-7-3-1-4-8-15/h1-10,13-14,20H,11-12H2,(H,27,29)(H,28,30)/t20-/m0/s1. The third kappa shape index (κ3) is 5.47. The molecule has 7 heteroatoms. The molecule has 0 fully saturated rings. The number of rotatable bonds is 6. The van der Waals surface area contributed by atoms with E-state index in [0.29, 0.717) is 25.0 Å². The number of anilines is 1. The van der Waals surface area contributed by atoms with Crippen LogP contribution in [-0.4, -0.2) is 11.8 Å². The number of halogens is 3. The topological polar surface area (TPSA) is 58.2 Å². The van der Waals surface area contributed by atoms with E-state index in [1.807, 2.05) is 60.7 Å². The molecule has 0 aliphatic rings. The number of hydrogen-bond donors (Lipinski definition) is 2. The van der Waals surface area contributed by atoms with Gasteiger partial charge in [-0.25, -0.2) is 13.2 Å². The smallest absolute Gasteiger partial charge is 0.313 e. The third-order valence-corrected chi connectivity index (χ3v) is 4.52. The molecule has 30 heavy (non-hydrogen) atoms. The normalized spacial score (nSPS) is 11.6. The van der Waals surface area contributed by atoms with E-state index >= 15 is 0 Å². The van der Waals surface area contributed by atoms with Crippen molar-refractivity contribution in [2.45, 2.75) is 18.9 Å². The van der Waals surface area contributed by atoms with E-state index in [2.05, 4.69) is 10.6 Å². The minimum atomic E-state index is -1.65. The van der Waals surface area contributed by atoms with Crippen LogP contribution >= 0.6 is 0 Å². The van der Waals surface area contributed by atoms with Crippen LogP contribution in [0.1, 0.15) is 23.6 Å². The summed E-state index contributed by atoms with van der Waals surface area (Å²) in [4.78, 5) is 24.6. The Balaban J connectivity index is 1.70. The third-order valence-electron chi connectivity index (χ3n) is 4.52. The van der Waals surface area contributed by atoms with Gasteiger partial charge in [-0.3, -0.25) is 9.59 Å². The molecule has 3 aromatic carbocycles. The summed E-state index contributed by atoms with van der Waals surface area (Å²) in [5.41, 5.74) is 1.54. The predicted molar refractivity (Wildman–Crippen MR) is 107 cm³/mol. The second-order valence-electron chi connectivity index (χ2n) is 6.67. The Morgan fingerprint density at radius 3 is 1.97 bits per heavy atom. The Morgan fingerprint density at radius 2 is 1.37 bits per heavy atom. The van der Waals surface area contributed by atoms with E-state index < -0.39 is 35.3 Å². The van der Waals surface area contributed by atoms with Gasteiger partial charge in [0.2, 0.25) is 0 Å². The Labute approximate surface area is 171 Å². The van der Waals surface area contributed by atoms with Crippen molar-refractivity contribution in [1.82, 2.24) is 5.32 Å². The van der Waals surface area contributed by atoms with Gasteiger partial charge in [0.1, 0.15) is 0 Å². The minimum Gasteiger partial charge on any atom is -0.341 e. The van der Waals surface area contributed by atoms with E-state index in [9.17, 15) is 22.8 Å². The molecule has 3 aromatic rings. The van der Waals surface area contributed by atoms with Crippen molar-refractivity contribution in [2.75, 3.05) is 5.32 Å². The highest BCUT2D eigenvalue weighted by atomic mass is 19.2. The van der Waals surface area contributed by atoms with Crippen LogP contribution in [0.25, 0.3) is 0 Å². The number of benzene rings is 3. The second-order valence-corrected chi connectivity index (χ2v) is 6.67. The average Bonchev–Trinajstić information content (AvgIpc) is 2.76. The van der Waals surface area contributed by atoms with E-state index in [4.69, 9.17) is 0 Å². The van der Waals surface area contributed by atoms with E-state index in [1.165, 1.54) is 0 Å². The van der Waals surface area contributed by atoms with E-state index in [1.54, 1.807) is 0 Å². The maximum Gasteiger partial charge on any atom is 0.313 e. The predicted octanol–water partition coefficient (Wildman–Crippen LogP) is 4.53. The fourth-order valence-electron chi connectivity index (χ4n) is 3.00. The van der Waals surface area contributed by atoms with Gasteiger partial charge >= 0.3 is 11.8 Å². The Hall–Kier alpha value is -3.61. The molecule has 1 atom stereocenters. The highest BCUT2D eigenvalue weighted by Crippen LogP contribution is 2.20. The summed E-state index contributed by atoms with van der Waals surface area (Å²) in [6.45, 7) is 0. The van der Waals surface area contributed by atoms with Gasteiger partial charge in [0.05, 0.1) is 6.04 Å². The number of amides is 2. The lowest BCUT2D eigenvalue weighted by Crippen LogP contribution is -2.38. The molecule has 0 aromatic heterocycles. The van der Waals surface area contributed by atoms with Crippen LogP contribution in [0.5, 0.6) is 0 Å². The first-order chi connectivity index (χ1) is 14.4. The molecule has 0 bridgehead atoms. The van der Waals surface area contributed by atoms with Crippen LogP contribution in [-0.2, 0) is 16.0 Å². The van der Waals surface area contributed by atoms with Crippen molar-refractivity contribution in [2.24, 2.45) is 0 Å². The monoisotopic (exact) mass is 412 g/mol. The number of nitrogens with one attached hydrogen (secondary N) is 2. The lowest BCUT2D eigenvalue weighted by Gasteiger charge is -2.19. The van der Waals surface area contributed by atoms with Crippen LogP contribution in [0, 0.1) is 17.5 Å². The van der Waals surface area contributed by atoms with E-state index in [-0.39, 0.29) is 5.69 Å². The summed E-state index contributed by atoms with van der Waals surface area (Å²) in [7, 11) is 0. The molecule has 4 nitrogen and oxygen atoms in total. The molecule has 0 aliphatic carbocycles. The molecular weight excluding hydrogens is 393 g/mol. The summed E-state index contributed by atoms with van der Waals surface area (Å²) in [5.74, 6) is -6.66. The lowest BCUT2D eigenvalue weighted by molar-refractivity contribution is -0.136. The average molecular weight is 412 g/mol. The molecular formula is C23H19F3N2O2. The molecule has 0 aliphatic heterocycles. The summed E-state index contributed by atoms with van der Waals surface area (Å²) < 4.78 is 39.7. The molecule has 154 valence electrons. The quantitative estimate of drug-likeness (QED) is 0.462. The van der Waals surface area contributed by atoms with E-state index in [0.717, 1.165) is 11.1 Å². The first-order valence-electron chi connectivity index (χ1n) is 9.29. The zero-order valence-corrected chi connectivity index (χ0v) is 15.9. The largest absolute Gasteiger partial charge is 0.341 e. The highest BCUT2D eigenvalue weighted by Gasteiger charge is 2.21. The molecule has 0 saturated carbocycles. The molecule has 0 heterocycles. The van der Waals surface area contributed by atoms with Crippen LogP contribution in [0.3, 0.4) is 0 Å². The van der Waals surface area contributed by atoms with Gasteiger partial charge in [-0.15, -0.1) is 0 Å². The van der Waals surface area contributed by atoms with Gasteiger partial charge in [0.25, 0.3) is 0 Å². The first-order valence-corrected chi connectivity index (χ1v) is 9.29. The van der Waals surface area contributed by atoms with Gasteiger partial charge in [-0.2, -0.15) is 0 Å². The number of carbonyl (C=O) groups excluding carboxylic acids is 2. The van der Waals surface area contributed by atoms with Crippen LogP contribution < -0.4 is 10.6 Å². The molecule has 2 amide bonds. The molecule has 2 N–H and O–H groups in total. The zero-order chi connectivity index (χ0) is 21.5. The van der Waals surface area contributed by atoms with Crippen molar-refractivity contribution in [3.8, 4) is 0 Å². The van der Waals surface area contributed by atoms with Crippen molar-refractivity contribution in [3.63, 3.8) is 0 Å². The summed E-state index contributed by atoms with van der Waals surface area (Å²) in [5, 5.41) is 4.74. The van der Waals surface area contributed by atoms with Crippen molar-refractivity contribution in [1.29, 1.82) is 0 Å². The Bertz CT molecular complexity index is 1000. The van der Waals surface area contributed by atoms with Crippen LogP contribution in [0.15, 0.2) is 72.8 Å². The molecule has 0 radical (unpaired) electrons. The van der Waals surface area contributed by atoms with Gasteiger partial charge in [-0.05, 0) is 24.0 Å². The SMILES string of the molecule is O=C(Nc1cc(F)c(F)c(F)c1)C(=O)N[C@@H](CCc1ccccc1)c1ccccc1. The number of hydrogen-bond acceptors (Lipinski definition) is 2. The molecule has 3 rings (SSSR count). The summed E-state index contributed by atoms with van der Waals surface area (Å²) >= 11 is 0. The van der Waals surface area contributed by atoms with Crippen molar-refractivity contribution in [3.05, 3.63) is 101 Å². The maximum absolute atomic E-state index is 13.3. The molecule has 0 saturated heterocycles. The fraction of sp³-hybridized carbons (Fsp3) is 0.130. The van der Waals surface area contributed by atoms with Crippen molar-refractivity contribution >= 4 is 17.5 Å². The first kappa shape index (κ1) is 21.1. The zero-order valence-electron chi connectivity index (χ0n) is 15.9.